The summed E-state index contributed by atoms with van der Waals surface area (Å²) in [7, 11) is 5.89. The van der Waals surface area contributed by atoms with Crippen molar-refractivity contribution in [3.05, 3.63) is 0 Å². The molecule has 6 nitrogen and oxygen atoms in total. The Kier molecular flexibility index (Phi) is 14.2. The maximum Gasteiger partial charge on any atom is 0.193 e. The van der Waals surface area contributed by atoms with Crippen molar-refractivity contribution in [2.75, 3.05) is 73.7 Å². The molecule has 7 heteroatoms. The number of nitrogens with one attached hydrogen (secondary N) is 1. The summed E-state index contributed by atoms with van der Waals surface area (Å²) in [5, 5.41) is 3.34. The van der Waals surface area contributed by atoms with Gasteiger partial charge >= 0.3 is 0 Å². The molecule has 138 valence electrons. The van der Waals surface area contributed by atoms with Gasteiger partial charge in [0.1, 0.15) is 0 Å². The highest BCUT2D eigenvalue weighted by Gasteiger charge is 2.21. The first kappa shape index (κ1) is 22.9. The number of likely N-dealkylation sites (N-methyl/N-ethyl adjacent to an activating group) is 2. The van der Waals surface area contributed by atoms with E-state index in [2.05, 4.69) is 41.1 Å². The SMILES string of the molecule is CCNC(=NCCN(C)CCOC)N(C)CCOCC1CC1.I. The van der Waals surface area contributed by atoms with Crippen molar-refractivity contribution in [2.45, 2.75) is 19.8 Å². The molecule has 0 aromatic carbocycles. The number of rotatable bonds is 12. The first-order valence-electron chi connectivity index (χ1n) is 8.42. The topological polar surface area (TPSA) is 49.3 Å². The molecule has 1 rings (SSSR count). The summed E-state index contributed by atoms with van der Waals surface area (Å²) in [5.41, 5.74) is 0. The number of ether oxygens (including phenoxy) is 2. The molecule has 1 N–H and O–H groups in total. The molecule has 0 aromatic heterocycles. The number of methoxy groups -OCH3 is 1. The summed E-state index contributed by atoms with van der Waals surface area (Å²) < 4.78 is 10.8. The Bertz CT molecular complexity index is 314. The second kappa shape index (κ2) is 14.2. The van der Waals surface area contributed by atoms with Crippen LogP contribution in [0.5, 0.6) is 0 Å². The van der Waals surface area contributed by atoms with E-state index >= 15 is 0 Å². The van der Waals surface area contributed by atoms with E-state index in [0.29, 0.717) is 0 Å². The monoisotopic (exact) mass is 442 g/mol. The van der Waals surface area contributed by atoms with E-state index in [4.69, 9.17) is 9.47 Å². The molecule has 0 aliphatic heterocycles. The Morgan fingerprint density at radius 3 is 2.52 bits per heavy atom. The van der Waals surface area contributed by atoms with E-state index in [-0.39, 0.29) is 24.0 Å². The van der Waals surface area contributed by atoms with Crippen LogP contribution in [0.2, 0.25) is 0 Å². The zero-order chi connectivity index (χ0) is 16.2. The van der Waals surface area contributed by atoms with Crippen molar-refractivity contribution >= 4 is 29.9 Å². The lowest BCUT2D eigenvalue weighted by molar-refractivity contribution is 0.115. The Hall–Kier alpha value is -0.120. The number of guanidine groups is 1. The van der Waals surface area contributed by atoms with Gasteiger partial charge in [-0.2, -0.15) is 0 Å². The lowest BCUT2D eigenvalue weighted by atomic mass is 10.5. The van der Waals surface area contributed by atoms with Gasteiger partial charge in [-0.05, 0) is 32.7 Å². The van der Waals surface area contributed by atoms with Gasteiger partial charge in [-0.25, -0.2) is 0 Å². The molecular weight excluding hydrogens is 407 g/mol. The van der Waals surface area contributed by atoms with E-state index in [1.165, 1.54) is 12.8 Å². The van der Waals surface area contributed by atoms with Gasteiger partial charge in [0.25, 0.3) is 0 Å². The van der Waals surface area contributed by atoms with Crippen LogP contribution in [0.15, 0.2) is 4.99 Å². The van der Waals surface area contributed by atoms with Gasteiger partial charge in [-0.3, -0.25) is 4.99 Å². The second-order valence-electron chi connectivity index (χ2n) is 5.97. The number of hydrogen-bond acceptors (Lipinski definition) is 4. The van der Waals surface area contributed by atoms with Crippen LogP contribution < -0.4 is 5.32 Å². The smallest absolute Gasteiger partial charge is 0.193 e. The van der Waals surface area contributed by atoms with E-state index in [0.717, 1.165) is 64.4 Å². The molecule has 0 radical (unpaired) electrons. The van der Waals surface area contributed by atoms with E-state index in [1.807, 2.05) is 0 Å². The first-order chi connectivity index (χ1) is 10.7. The van der Waals surface area contributed by atoms with Crippen LogP contribution in [0.3, 0.4) is 0 Å². The highest BCUT2D eigenvalue weighted by Crippen LogP contribution is 2.28. The molecule has 1 aliphatic rings. The molecule has 0 bridgehead atoms. The van der Waals surface area contributed by atoms with E-state index < -0.39 is 0 Å². The lowest BCUT2D eigenvalue weighted by Crippen LogP contribution is -2.41. The minimum atomic E-state index is 0. The normalized spacial score (nSPS) is 14.7. The Morgan fingerprint density at radius 2 is 1.91 bits per heavy atom. The highest BCUT2D eigenvalue weighted by atomic mass is 127. The van der Waals surface area contributed by atoms with Crippen LogP contribution in [0.25, 0.3) is 0 Å². The van der Waals surface area contributed by atoms with E-state index in [9.17, 15) is 0 Å². The zero-order valence-electron chi connectivity index (χ0n) is 15.2. The second-order valence-corrected chi connectivity index (χ2v) is 5.97. The molecule has 23 heavy (non-hydrogen) atoms. The average Bonchev–Trinajstić information content (AvgIpc) is 3.32. The van der Waals surface area contributed by atoms with Crippen LogP contribution in [0.4, 0.5) is 0 Å². The van der Waals surface area contributed by atoms with Gasteiger partial charge in [0, 0.05) is 46.9 Å². The molecule has 1 fully saturated rings. The molecule has 1 aliphatic carbocycles. The zero-order valence-corrected chi connectivity index (χ0v) is 17.5. The van der Waals surface area contributed by atoms with Crippen molar-refractivity contribution in [1.29, 1.82) is 0 Å². The molecule has 0 atom stereocenters. The number of hydrogen-bond donors (Lipinski definition) is 1. The molecular formula is C16H35IN4O2. The highest BCUT2D eigenvalue weighted by molar-refractivity contribution is 14.0. The van der Waals surface area contributed by atoms with Crippen molar-refractivity contribution in [3.8, 4) is 0 Å². The third-order valence-corrected chi connectivity index (χ3v) is 3.74. The lowest BCUT2D eigenvalue weighted by Gasteiger charge is -2.22. The number of halogens is 1. The number of aliphatic imine (C=N–C) groups is 1. The third-order valence-electron chi connectivity index (χ3n) is 3.74. The summed E-state index contributed by atoms with van der Waals surface area (Å²) >= 11 is 0. The predicted molar refractivity (Wildman–Crippen MR) is 107 cm³/mol. The first-order valence-corrected chi connectivity index (χ1v) is 8.42. The van der Waals surface area contributed by atoms with Gasteiger partial charge in [0.15, 0.2) is 5.96 Å². The fraction of sp³-hybridized carbons (Fsp3) is 0.938. The quantitative estimate of drug-likeness (QED) is 0.215. The molecule has 1 saturated carbocycles. The van der Waals surface area contributed by atoms with Gasteiger partial charge < -0.3 is 24.6 Å². The van der Waals surface area contributed by atoms with E-state index in [1.54, 1.807) is 7.11 Å². The molecule has 0 saturated heterocycles. The minimum Gasteiger partial charge on any atom is -0.383 e. The predicted octanol–water partition coefficient (Wildman–Crippen LogP) is 1.51. The Balaban J connectivity index is 0.00000484. The fourth-order valence-corrected chi connectivity index (χ4v) is 2.00. The molecule has 0 aromatic rings. The van der Waals surface area contributed by atoms with Gasteiger partial charge in [0.2, 0.25) is 0 Å². The summed E-state index contributed by atoms with van der Waals surface area (Å²) in [5.74, 6) is 1.78. The van der Waals surface area contributed by atoms with Crippen molar-refractivity contribution in [1.82, 2.24) is 15.1 Å². The standard InChI is InChI=1S/C16H34N4O2.HI/c1-5-17-16(18-8-9-19(2)10-12-21-4)20(3)11-13-22-14-15-6-7-15;/h15H,5-14H2,1-4H3,(H,17,18);1H. The van der Waals surface area contributed by atoms with Crippen molar-refractivity contribution < 1.29 is 9.47 Å². The maximum atomic E-state index is 5.70. The minimum absolute atomic E-state index is 0. The molecule has 0 spiro atoms. The summed E-state index contributed by atoms with van der Waals surface area (Å²) in [4.78, 5) is 9.06. The molecule has 0 amide bonds. The van der Waals surface area contributed by atoms with Crippen molar-refractivity contribution in [3.63, 3.8) is 0 Å². The molecule has 0 heterocycles. The van der Waals surface area contributed by atoms with Crippen LogP contribution in [0, 0.1) is 5.92 Å². The summed E-state index contributed by atoms with van der Waals surface area (Å²) in [6.07, 6.45) is 2.69. The Labute approximate surface area is 159 Å². The van der Waals surface area contributed by atoms with Crippen LogP contribution in [-0.2, 0) is 9.47 Å². The molecule has 0 unspecified atom stereocenters. The van der Waals surface area contributed by atoms with Crippen LogP contribution in [-0.4, -0.2) is 89.5 Å². The summed E-state index contributed by atoms with van der Waals surface area (Å²) in [6.45, 7) is 8.96. The van der Waals surface area contributed by atoms with Gasteiger partial charge in [0.05, 0.1) is 19.8 Å². The maximum absolute atomic E-state index is 5.70. The largest absolute Gasteiger partial charge is 0.383 e. The summed E-state index contributed by atoms with van der Waals surface area (Å²) in [6, 6.07) is 0. The average molecular weight is 442 g/mol. The van der Waals surface area contributed by atoms with Gasteiger partial charge in [-0.15, -0.1) is 24.0 Å². The van der Waals surface area contributed by atoms with Crippen LogP contribution >= 0.6 is 24.0 Å². The van der Waals surface area contributed by atoms with Gasteiger partial charge in [-0.1, -0.05) is 0 Å². The van der Waals surface area contributed by atoms with Crippen LogP contribution in [0.1, 0.15) is 19.8 Å². The third kappa shape index (κ3) is 12.0. The Morgan fingerprint density at radius 1 is 1.17 bits per heavy atom. The van der Waals surface area contributed by atoms with Crippen molar-refractivity contribution in [2.24, 2.45) is 10.9 Å². The number of nitrogens with zero attached hydrogens (tertiary/aromatic N) is 3. The fourth-order valence-electron chi connectivity index (χ4n) is 2.00.